The van der Waals surface area contributed by atoms with Gasteiger partial charge < -0.3 is 10.5 Å². The molecule has 0 radical (unpaired) electrons. The van der Waals surface area contributed by atoms with Gasteiger partial charge in [0.15, 0.2) is 0 Å². The number of rotatable bonds is 3. The first-order chi connectivity index (χ1) is 10.0. The molecular formula is C15H12Cl2N2O2. The third kappa shape index (κ3) is 3.54. The van der Waals surface area contributed by atoms with Crippen molar-refractivity contribution < 1.29 is 10.0 Å². The zero-order valence-electron chi connectivity index (χ0n) is 11.1. The highest BCUT2D eigenvalue weighted by molar-refractivity contribution is 6.44. The maximum atomic E-state index is 12.1. The van der Waals surface area contributed by atoms with Crippen LogP contribution in [0.5, 0.6) is 0 Å². The van der Waals surface area contributed by atoms with Crippen LogP contribution >= 0.6 is 23.2 Å². The minimum atomic E-state index is -0.345. The van der Waals surface area contributed by atoms with E-state index in [0.717, 1.165) is 5.56 Å². The Morgan fingerprint density at radius 1 is 1.14 bits per heavy atom. The van der Waals surface area contributed by atoms with E-state index in [2.05, 4.69) is 10.5 Å². The van der Waals surface area contributed by atoms with Crippen LogP contribution in [0.3, 0.4) is 0 Å². The molecule has 108 valence electrons. The van der Waals surface area contributed by atoms with Crippen molar-refractivity contribution in [3.63, 3.8) is 0 Å². The highest BCUT2D eigenvalue weighted by Gasteiger charge is 2.12. The summed E-state index contributed by atoms with van der Waals surface area (Å²) in [5.74, 6) is -0.345. The van der Waals surface area contributed by atoms with E-state index in [9.17, 15) is 4.79 Å². The molecule has 0 unspecified atom stereocenters. The second-order valence-corrected chi connectivity index (χ2v) is 5.10. The topological polar surface area (TPSA) is 61.7 Å². The van der Waals surface area contributed by atoms with Gasteiger partial charge in [-0.2, -0.15) is 0 Å². The van der Waals surface area contributed by atoms with Crippen LogP contribution < -0.4 is 5.32 Å². The average Bonchev–Trinajstić information content (AvgIpc) is 2.50. The summed E-state index contributed by atoms with van der Waals surface area (Å²) in [6.07, 6.45) is 0. The fraction of sp³-hybridized carbons (Fsp3) is 0.0667. The van der Waals surface area contributed by atoms with Gasteiger partial charge in [-0.15, -0.1) is 0 Å². The van der Waals surface area contributed by atoms with Gasteiger partial charge in [0.25, 0.3) is 5.91 Å². The number of anilines is 1. The molecule has 2 rings (SSSR count). The SMILES string of the molecule is C/C(=N\O)c1ccc(NC(=O)c2cccc(Cl)c2Cl)cc1. The van der Waals surface area contributed by atoms with Crippen LogP contribution in [0.25, 0.3) is 0 Å². The van der Waals surface area contributed by atoms with E-state index in [-0.39, 0.29) is 10.9 Å². The molecule has 0 aliphatic heterocycles. The molecule has 2 aromatic carbocycles. The van der Waals surface area contributed by atoms with Gasteiger partial charge in [0, 0.05) is 5.69 Å². The molecule has 0 fully saturated rings. The smallest absolute Gasteiger partial charge is 0.257 e. The summed E-state index contributed by atoms with van der Waals surface area (Å²) in [6.45, 7) is 1.68. The van der Waals surface area contributed by atoms with E-state index in [0.29, 0.717) is 22.0 Å². The molecule has 0 saturated carbocycles. The first-order valence-corrected chi connectivity index (χ1v) is 6.83. The molecule has 0 aliphatic carbocycles. The van der Waals surface area contributed by atoms with E-state index in [1.807, 2.05) is 0 Å². The average molecular weight is 323 g/mol. The molecule has 0 bridgehead atoms. The zero-order chi connectivity index (χ0) is 15.4. The number of hydrogen-bond donors (Lipinski definition) is 2. The molecule has 1 amide bonds. The first kappa shape index (κ1) is 15.4. The third-order valence-corrected chi connectivity index (χ3v) is 3.73. The molecule has 0 atom stereocenters. The molecule has 4 nitrogen and oxygen atoms in total. The number of hydrogen-bond acceptors (Lipinski definition) is 3. The Hall–Kier alpha value is -2.04. The Kier molecular flexibility index (Phi) is 4.83. The quantitative estimate of drug-likeness (QED) is 0.498. The number of amides is 1. The lowest BCUT2D eigenvalue weighted by Crippen LogP contribution is -2.12. The van der Waals surface area contributed by atoms with Crippen LogP contribution in [-0.4, -0.2) is 16.8 Å². The van der Waals surface area contributed by atoms with Gasteiger partial charge in [-0.25, -0.2) is 0 Å². The standard InChI is InChI=1S/C15H12Cl2N2O2/c1-9(19-21)10-5-7-11(8-6-10)18-15(20)12-3-2-4-13(16)14(12)17/h2-8,21H,1H3,(H,18,20)/b19-9+. The highest BCUT2D eigenvalue weighted by atomic mass is 35.5. The Balaban J connectivity index is 2.18. The lowest BCUT2D eigenvalue weighted by Gasteiger charge is -2.08. The molecule has 0 spiro atoms. The lowest BCUT2D eigenvalue weighted by molar-refractivity contribution is 0.102. The van der Waals surface area contributed by atoms with E-state index >= 15 is 0 Å². The van der Waals surface area contributed by atoms with Crippen molar-refractivity contribution in [2.24, 2.45) is 5.16 Å². The largest absolute Gasteiger partial charge is 0.411 e. The third-order valence-electron chi connectivity index (χ3n) is 2.91. The van der Waals surface area contributed by atoms with E-state index < -0.39 is 0 Å². The first-order valence-electron chi connectivity index (χ1n) is 6.07. The molecule has 21 heavy (non-hydrogen) atoms. The maximum absolute atomic E-state index is 12.1. The number of oxime groups is 1. The normalized spacial score (nSPS) is 11.3. The Labute approximate surface area is 132 Å². The molecule has 0 heterocycles. The minimum Gasteiger partial charge on any atom is -0.411 e. The Morgan fingerprint density at radius 3 is 2.43 bits per heavy atom. The van der Waals surface area contributed by atoms with Crippen LogP contribution in [0.4, 0.5) is 5.69 Å². The van der Waals surface area contributed by atoms with Crippen LogP contribution in [-0.2, 0) is 0 Å². The Morgan fingerprint density at radius 2 is 1.81 bits per heavy atom. The summed E-state index contributed by atoms with van der Waals surface area (Å²) in [5.41, 5.74) is 2.16. The fourth-order valence-electron chi connectivity index (χ4n) is 1.73. The van der Waals surface area contributed by atoms with Crippen LogP contribution in [0.15, 0.2) is 47.6 Å². The van der Waals surface area contributed by atoms with Gasteiger partial charge in [-0.3, -0.25) is 4.79 Å². The molecule has 6 heteroatoms. The molecule has 0 saturated heterocycles. The van der Waals surface area contributed by atoms with Gasteiger partial charge in [0.2, 0.25) is 0 Å². The number of benzene rings is 2. The number of nitrogens with one attached hydrogen (secondary N) is 1. The summed E-state index contributed by atoms with van der Waals surface area (Å²) in [7, 11) is 0. The van der Waals surface area contributed by atoms with Crippen molar-refractivity contribution in [3.8, 4) is 0 Å². The van der Waals surface area contributed by atoms with Crippen molar-refractivity contribution in [1.82, 2.24) is 0 Å². The minimum absolute atomic E-state index is 0.219. The molecule has 0 aliphatic rings. The van der Waals surface area contributed by atoms with Gasteiger partial charge in [0.05, 0.1) is 21.3 Å². The number of carbonyl (C=O) groups excluding carboxylic acids is 1. The molecular weight excluding hydrogens is 311 g/mol. The monoisotopic (exact) mass is 322 g/mol. The lowest BCUT2D eigenvalue weighted by atomic mass is 10.1. The van der Waals surface area contributed by atoms with Crippen molar-refractivity contribution in [2.45, 2.75) is 6.92 Å². The molecule has 2 aromatic rings. The second kappa shape index (κ2) is 6.61. The zero-order valence-corrected chi connectivity index (χ0v) is 12.6. The van der Waals surface area contributed by atoms with Gasteiger partial charge in [-0.1, -0.05) is 46.6 Å². The van der Waals surface area contributed by atoms with Gasteiger partial charge in [0.1, 0.15) is 0 Å². The van der Waals surface area contributed by atoms with E-state index in [1.165, 1.54) is 0 Å². The predicted octanol–water partition coefficient (Wildman–Crippen LogP) is 4.44. The molecule has 2 N–H and O–H groups in total. The highest BCUT2D eigenvalue weighted by Crippen LogP contribution is 2.26. The van der Waals surface area contributed by atoms with Crippen LogP contribution in [0.1, 0.15) is 22.8 Å². The molecule has 0 aromatic heterocycles. The predicted molar refractivity (Wildman–Crippen MR) is 84.9 cm³/mol. The van der Waals surface area contributed by atoms with Gasteiger partial charge in [-0.05, 0) is 36.8 Å². The van der Waals surface area contributed by atoms with Crippen LogP contribution in [0, 0.1) is 0 Å². The summed E-state index contributed by atoms with van der Waals surface area (Å²) < 4.78 is 0. The fourth-order valence-corrected chi connectivity index (χ4v) is 2.12. The number of halogens is 2. The second-order valence-electron chi connectivity index (χ2n) is 4.32. The Bertz CT molecular complexity index is 697. The van der Waals surface area contributed by atoms with Crippen molar-refractivity contribution in [1.29, 1.82) is 0 Å². The number of nitrogens with zero attached hydrogens (tertiary/aromatic N) is 1. The summed E-state index contributed by atoms with van der Waals surface area (Å²) in [5, 5.41) is 15.1. The van der Waals surface area contributed by atoms with Crippen molar-refractivity contribution in [2.75, 3.05) is 5.32 Å². The maximum Gasteiger partial charge on any atom is 0.257 e. The summed E-state index contributed by atoms with van der Waals surface area (Å²) in [4.78, 5) is 12.1. The van der Waals surface area contributed by atoms with Gasteiger partial charge >= 0.3 is 0 Å². The summed E-state index contributed by atoms with van der Waals surface area (Å²) in [6, 6.07) is 11.8. The van der Waals surface area contributed by atoms with Crippen molar-refractivity contribution >= 4 is 40.5 Å². The van der Waals surface area contributed by atoms with E-state index in [1.54, 1.807) is 49.4 Å². The number of carbonyl (C=O) groups is 1. The van der Waals surface area contributed by atoms with Crippen molar-refractivity contribution in [3.05, 3.63) is 63.6 Å². The van der Waals surface area contributed by atoms with Crippen LogP contribution in [0.2, 0.25) is 10.0 Å². The van der Waals surface area contributed by atoms with E-state index in [4.69, 9.17) is 28.4 Å². The summed E-state index contributed by atoms with van der Waals surface area (Å²) >= 11 is 11.9.